The van der Waals surface area contributed by atoms with Crippen molar-refractivity contribution in [2.45, 2.75) is 18.6 Å². The standard InChI is InChI=1S/C21H31F4N5O.HI/c1-26-20(27-12-16-6-7-29(14-16)15-21(23,24)25)28-13-19(30-8-10-31-11-9-30)17-2-4-18(22)5-3-17;/h2-5,16,19H,6-15H2,1H3,(H2,26,27,28);1H. The third-order valence-electron chi connectivity index (χ3n) is 5.76. The maximum Gasteiger partial charge on any atom is 0.401 e. The van der Waals surface area contributed by atoms with Crippen LogP contribution in [-0.4, -0.2) is 88.0 Å². The second-order valence-corrected chi connectivity index (χ2v) is 8.05. The van der Waals surface area contributed by atoms with E-state index in [0.29, 0.717) is 45.4 Å². The van der Waals surface area contributed by atoms with Crippen LogP contribution >= 0.6 is 24.0 Å². The SMILES string of the molecule is CN=C(NCC1CCN(CC(F)(F)F)C1)NCC(c1ccc(F)cc1)N1CCOCC1.I. The number of nitrogens with zero attached hydrogens (tertiary/aromatic N) is 3. The van der Waals surface area contributed by atoms with E-state index in [1.54, 1.807) is 19.2 Å². The number of alkyl halides is 3. The Balaban J connectivity index is 0.00000363. The molecule has 0 saturated carbocycles. The number of guanidine groups is 1. The zero-order chi connectivity index (χ0) is 22.3. The van der Waals surface area contributed by atoms with Gasteiger partial charge in [-0.1, -0.05) is 12.1 Å². The molecule has 2 heterocycles. The van der Waals surface area contributed by atoms with Gasteiger partial charge in [0, 0.05) is 39.8 Å². The third-order valence-corrected chi connectivity index (χ3v) is 5.76. The first kappa shape index (κ1) is 27.1. The second kappa shape index (κ2) is 12.9. The number of hydrogen-bond donors (Lipinski definition) is 2. The molecule has 0 aromatic heterocycles. The summed E-state index contributed by atoms with van der Waals surface area (Å²) in [5, 5.41) is 6.56. The number of aliphatic imine (C=N–C) groups is 1. The Labute approximate surface area is 203 Å². The van der Waals surface area contributed by atoms with Gasteiger partial charge in [0.15, 0.2) is 5.96 Å². The minimum Gasteiger partial charge on any atom is -0.379 e. The van der Waals surface area contributed by atoms with Crippen LogP contribution in [-0.2, 0) is 4.74 Å². The highest BCUT2D eigenvalue weighted by atomic mass is 127. The van der Waals surface area contributed by atoms with Crippen molar-refractivity contribution in [3.63, 3.8) is 0 Å². The van der Waals surface area contributed by atoms with Crippen LogP contribution in [0.15, 0.2) is 29.3 Å². The first-order chi connectivity index (χ1) is 14.8. The van der Waals surface area contributed by atoms with Crippen LogP contribution in [0.25, 0.3) is 0 Å². The highest BCUT2D eigenvalue weighted by Crippen LogP contribution is 2.23. The summed E-state index contributed by atoms with van der Waals surface area (Å²) in [6.07, 6.45) is -3.43. The summed E-state index contributed by atoms with van der Waals surface area (Å²) in [5.74, 6) is 0.480. The monoisotopic (exact) mass is 573 g/mol. The molecular weight excluding hydrogens is 541 g/mol. The molecule has 11 heteroatoms. The Morgan fingerprint density at radius 2 is 1.84 bits per heavy atom. The summed E-state index contributed by atoms with van der Waals surface area (Å²) in [7, 11) is 1.67. The first-order valence-electron chi connectivity index (χ1n) is 10.6. The van der Waals surface area contributed by atoms with E-state index in [2.05, 4.69) is 20.5 Å². The average Bonchev–Trinajstić information content (AvgIpc) is 3.18. The highest BCUT2D eigenvalue weighted by Gasteiger charge is 2.34. The zero-order valence-corrected chi connectivity index (χ0v) is 20.5. The lowest BCUT2D eigenvalue weighted by Gasteiger charge is -2.35. The molecule has 2 unspecified atom stereocenters. The molecule has 182 valence electrons. The minimum atomic E-state index is -4.16. The molecule has 1 aromatic rings. The van der Waals surface area contributed by atoms with Crippen LogP contribution in [0.1, 0.15) is 18.0 Å². The smallest absolute Gasteiger partial charge is 0.379 e. The maximum atomic E-state index is 13.4. The molecule has 32 heavy (non-hydrogen) atoms. The molecule has 0 amide bonds. The predicted molar refractivity (Wildman–Crippen MR) is 127 cm³/mol. The maximum absolute atomic E-state index is 13.4. The zero-order valence-electron chi connectivity index (χ0n) is 18.2. The van der Waals surface area contributed by atoms with Crippen LogP contribution in [0, 0.1) is 11.7 Å². The molecule has 2 aliphatic heterocycles. The number of benzene rings is 1. The normalized spacial score (nSPS) is 21.8. The number of nitrogens with one attached hydrogen (secondary N) is 2. The third kappa shape index (κ3) is 8.64. The lowest BCUT2D eigenvalue weighted by Crippen LogP contribution is -2.47. The van der Waals surface area contributed by atoms with Gasteiger partial charge < -0.3 is 15.4 Å². The number of hydrogen-bond acceptors (Lipinski definition) is 4. The highest BCUT2D eigenvalue weighted by molar-refractivity contribution is 14.0. The van der Waals surface area contributed by atoms with E-state index in [1.165, 1.54) is 17.0 Å². The van der Waals surface area contributed by atoms with E-state index in [0.717, 1.165) is 25.1 Å². The summed E-state index contributed by atoms with van der Waals surface area (Å²) in [6, 6.07) is 6.53. The number of halogens is 5. The number of ether oxygens (including phenoxy) is 1. The van der Waals surface area contributed by atoms with Gasteiger partial charge in [0.1, 0.15) is 5.82 Å². The van der Waals surface area contributed by atoms with Gasteiger partial charge in [0.25, 0.3) is 0 Å². The average molecular weight is 573 g/mol. The molecule has 1 aromatic carbocycles. The summed E-state index contributed by atoms with van der Waals surface area (Å²) in [5.41, 5.74) is 1.00. The van der Waals surface area contributed by atoms with E-state index in [9.17, 15) is 17.6 Å². The molecule has 0 bridgehead atoms. The van der Waals surface area contributed by atoms with Gasteiger partial charge in [-0.3, -0.25) is 14.8 Å². The van der Waals surface area contributed by atoms with Crippen molar-refractivity contribution in [2.24, 2.45) is 10.9 Å². The summed E-state index contributed by atoms with van der Waals surface area (Å²) in [6.45, 7) is 4.04. The molecule has 2 N–H and O–H groups in total. The Bertz CT molecular complexity index is 713. The van der Waals surface area contributed by atoms with Crippen molar-refractivity contribution in [2.75, 3.05) is 66.1 Å². The van der Waals surface area contributed by atoms with Crippen molar-refractivity contribution >= 4 is 29.9 Å². The van der Waals surface area contributed by atoms with Gasteiger partial charge in [-0.15, -0.1) is 24.0 Å². The molecule has 0 aliphatic carbocycles. The molecule has 2 saturated heterocycles. The number of likely N-dealkylation sites (tertiary alicyclic amines) is 1. The fraction of sp³-hybridized carbons (Fsp3) is 0.667. The topological polar surface area (TPSA) is 52.1 Å². The molecule has 0 radical (unpaired) electrons. The molecule has 3 rings (SSSR count). The second-order valence-electron chi connectivity index (χ2n) is 8.05. The fourth-order valence-corrected chi connectivity index (χ4v) is 4.16. The van der Waals surface area contributed by atoms with Gasteiger partial charge in [0.05, 0.1) is 25.8 Å². The summed E-state index contributed by atoms with van der Waals surface area (Å²) in [4.78, 5) is 7.99. The summed E-state index contributed by atoms with van der Waals surface area (Å²) >= 11 is 0. The van der Waals surface area contributed by atoms with Crippen molar-refractivity contribution in [1.29, 1.82) is 0 Å². The minimum absolute atomic E-state index is 0. The number of rotatable bonds is 7. The predicted octanol–water partition coefficient (Wildman–Crippen LogP) is 2.87. The number of morpholine rings is 1. The Morgan fingerprint density at radius 3 is 2.47 bits per heavy atom. The molecular formula is C21H32F4IN5O. The van der Waals surface area contributed by atoms with Gasteiger partial charge in [-0.2, -0.15) is 13.2 Å². The van der Waals surface area contributed by atoms with Crippen LogP contribution in [0.4, 0.5) is 17.6 Å². The van der Waals surface area contributed by atoms with E-state index in [4.69, 9.17) is 4.74 Å². The molecule has 2 atom stereocenters. The fourth-order valence-electron chi connectivity index (χ4n) is 4.16. The lowest BCUT2D eigenvalue weighted by molar-refractivity contribution is -0.143. The molecule has 6 nitrogen and oxygen atoms in total. The van der Waals surface area contributed by atoms with Gasteiger partial charge >= 0.3 is 6.18 Å². The van der Waals surface area contributed by atoms with Crippen LogP contribution in [0.3, 0.4) is 0 Å². The van der Waals surface area contributed by atoms with E-state index in [-0.39, 0.29) is 41.8 Å². The van der Waals surface area contributed by atoms with Crippen molar-refractivity contribution in [1.82, 2.24) is 20.4 Å². The van der Waals surface area contributed by atoms with Crippen molar-refractivity contribution in [3.05, 3.63) is 35.6 Å². The Kier molecular flexibility index (Phi) is 10.9. The van der Waals surface area contributed by atoms with Crippen LogP contribution in [0.5, 0.6) is 0 Å². The van der Waals surface area contributed by atoms with Gasteiger partial charge in [0.2, 0.25) is 0 Å². The van der Waals surface area contributed by atoms with E-state index < -0.39 is 12.7 Å². The molecule has 0 spiro atoms. The van der Waals surface area contributed by atoms with Gasteiger partial charge in [-0.25, -0.2) is 4.39 Å². The van der Waals surface area contributed by atoms with E-state index >= 15 is 0 Å². The molecule has 2 aliphatic rings. The Morgan fingerprint density at radius 1 is 1.16 bits per heavy atom. The van der Waals surface area contributed by atoms with Crippen molar-refractivity contribution in [3.8, 4) is 0 Å². The lowest BCUT2D eigenvalue weighted by atomic mass is 10.0. The van der Waals surface area contributed by atoms with E-state index in [1.807, 2.05) is 0 Å². The molecule has 2 fully saturated rings. The van der Waals surface area contributed by atoms with Gasteiger partial charge in [-0.05, 0) is 36.6 Å². The quantitative estimate of drug-likeness (QED) is 0.228. The van der Waals surface area contributed by atoms with Crippen molar-refractivity contribution < 1.29 is 22.3 Å². The first-order valence-corrected chi connectivity index (χ1v) is 10.6. The summed E-state index contributed by atoms with van der Waals surface area (Å²) < 4.78 is 56.6. The Hall–Kier alpha value is -1.18. The van der Waals surface area contributed by atoms with Crippen LogP contribution in [0.2, 0.25) is 0 Å². The van der Waals surface area contributed by atoms with Crippen LogP contribution < -0.4 is 10.6 Å². The largest absolute Gasteiger partial charge is 0.401 e.